The first-order valence-corrected chi connectivity index (χ1v) is 7.03. The van der Waals surface area contributed by atoms with Gasteiger partial charge in [0.05, 0.1) is 4.87 Å². The molecule has 1 fully saturated rings. The zero-order valence-corrected chi connectivity index (χ0v) is 12.0. The van der Waals surface area contributed by atoms with Crippen molar-refractivity contribution in [2.24, 2.45) is 5.92 Å². The van der Waals surface area contributed by atoms with E-state index in [9.17, 15) is 5.11 Å². The summed E-state index contributed by atoms with van der Waals surface area (Å²) in [6, 6.07) is 7.45. The lowest BCUT2D eigenvalue weighted by molar-refractivity contribution is 0.207. The highest BCUT2D eigenvalue weighted by Gasteiger charge is 2.40. The number of aromatic hydroxyl groups is 1. The lowest BCUT2D eigenvalue weighted by Gasteiger charge is -2.41. The molecule has 100 valence electrons. The topological polar surface area (TPSA) is 23.5 Å². The Hall–Kier alpha value is -0.730. The molecule has 1 aromatic rings. The van der Waals surface area contributed by atoms with Gasteiger partial charge in [-0.2, -0.15) is 0 Å². The second-order valence-electron chi connectivity index (χ2n) is 5.62. The minimum atomic E-state index is -0.318. The van der Waals surface area contributed by atoms with Gasteiger partial charge in [0.2, 0.25) is 0 Å². The quantitative estimate of drug-likeness (QED) is 0.847. The molecule has 2 rings (SSSR count). The van der Waals surface area contributed by atoms with Gasteiger partial charge in [0, 0.05) is 6.54 Å². The Bertz CT molecular complexity index is 407. The number of rotatable bonds is 3. The van der Waals surface area contributed by atoms with Crippen LogP contribution in [0.1, 0.15) is 31.2 Å². The third kappa shape index (κ3) is 2.81. The zero-order chi connectivity index (χ0) is 13.2. The Morgan fingerprint density at radius 2 is 2.17 bits per heavy atom. The minimum Gasteiger partial charge on any atom is -0.508 e. The third-order valence-corrected chi connectivity index (χ3v) is 4.62. The van der Waals surface area contributed by atoms with Crippen LogP contribution in [0.2, 0.25) is 0 Å². The van der Waals surface area contributed by atoms with Crippen LogP contribution in [0.3, 0.4) is 0 Å². The van der Waals surface area contributed by atoms with Crippen LogP contribution in [0.25, 0.3) is 0 Å². The average molecular weight is 268 g/mol. The fraction of sp³-hybridized carbons (Fsp3) is 0.600. The minimum absolute atomic E-state index is 0.307. The molecule has 1 saturated carbocycles. The number of nitrogens with zero attached hydrogens (tertiary/aromatic N) is 1. The maximum Gasteiger partial charge on any atom is 0.115 e. The molecule has 0 saturated heterocycles. The van der Waals surface area contributed by atoms with Gasteiger partial charge in [-0.05, 0) is 50.6 Å². The molecule has 0 amide bonds. The van der Waals surface area contributed by atoms with Gasteiger partial charge < -0.3 is 10.0 Å². The Morgan fingerprint density at radius 3 is 2.83 bits per heavy atom. The molecule has 3 heteroatoms. The number of hydrogen-bond acceptors (Lipinski definition) is 2. The molecule has 0 radical (unpaired) electrons. The zero-order valence-electron chi connectivity index (χ0n) is 11.2. The van der Waals surface area contributed by atoms with E-state index in [0.29, 0.717) is 11.7 Å². The SMILES string of the molecule is CN(C)CC1CCCCC1(Cl)c1cccc(O)c1. The number of phenols is 1. The molecule has 0 aliphatic heterocycles. The number of alkyl halides is 1. The van der Waals surface area contributed by atoms with Crippen molar-refractivity contribution in [2.75, 3.05) is 20.6 Å². The summed E-state index contributed by atoms with van der Waals surface area (Å²) >= 11 is 6.94. The van der Waals surface area contributed by atoms with E-state index in [4.69, 9.17) is 11.6 Å². The lowest BCUT2D eigenvalue weighted by Crippen LogP contribution is -2.39. The highest BCUT2D eigenvalue weighted by molar-refractivity contribution is 6.24. The van der Waals surface area contributed by atoms with Crippen LogP contribution in [0, 0.1) is 5.92 Å². The summed E-state index contributed by atoms with van der Waals surface area (Å²) in [6.07, 6.45) is 4.59. The molecule has 0 aromatic heterocycles. The Balaban J connectivity index is 2.29. The van der Waals surface area contributed by atoms with E-state index in [1.165, 1.54) is 12.8 Å². The van der Waals surface area contributed by atoms with Crippen LogP contribution < -0.4 is 0 Å². The molecule has 2 nitrogen and oxygen atoms in total. The van der Waals surface area contributed by atoms with Crippen molar-refractivity contribution in [3.8, 4) is 5.75 Å². The van der Waals surface area contributed by atoms with Crippen LogP contribution in [-0.2, 0) is 4.87 Å². The standard InChI is InChI=1S/C15H22ClNO/c1-17(2)11-13-6-3-4-9-15(13,16)12-7-5-8-14(18)10-12/h5,7-8,10,13,18H,3-4,6,9,11H2,1-2H3. The van der Waals surface area contributed by atoms with E-state index in [2.05, 4.69) is 19.0 Å². The summed E-state index contributed by atoms with van der Waals surface area (Å²) in [7, 11) is 4.18. The van der Waals surface area contributed by atoms with Gasteiger partial charge >= 0.3 is 0 Å². The third-order valence-electron chi connectivity index (χ3n) is 3.90. The molecule has 2 unspecified atom stereocenters. The van der Waals surface area contributed by atoms with E-state index < -0.39 is 0 Å². The molecule has 18 heavy (non-hydrogen) atoms. The molecular formula is C15H22ClNO. The van der Waals surface area contributed by atoms with Crippen molar-refractivity contribution in [1.29, 1.82) is 0 Å². The highest BCUT2D eigenvalue weighted by atomic mass is 35.5. The maximum absolute atomic E-state index is 9.66. The largest absolute Gasteiger partial charge is 0.508 e. The molecule has 0 heterocycles. The molecule has 0 spiro atoms. The van der Waals surface area contributed by atoms with Crippen LogP contribution in [0.4, 0.5) is 0 Å². The summed E-state index contributed by atoms with van der Waals surface area (Å²) < 4.78 is 0. The van der Waals surface area contributed by atoms with E-state index in [0.717, 1.165) is 24.9 Å². The molecular weight excluding hydrogens is 246 g/mol. The Labute approximate surface area is 115 Å². The van der Waals surface area contributed by atoms with Gasteiger partial charge in [-0.25, -0.2) is 0 Å². The van der Waals surface area contributed by atoms with Gasteiger partial charge in [-0.1, -0.05) is 25.0 Å². The maximum atomic E-state index is 9.66. The van der Waals surface area contributed by atoms with Crippen molar-refractivity contribution < 1.29 is 5.11 Å². The normalized spacial score (nSPS) is 28.6. The highest BCUT2D eigenvalue weighted by Crippen LogP contribution is 2.47. The van der Waals surface area contributed by atoms with Crippen LogP contribution in [0.5, 0.6) is 5.75 Å². The summed E-state index contributed by atoms with van der Waals surface area (Å²) in [4.78, 5) is 1.89. The summed E-state index contributed by atoms with van der Waals surface area (Å²) in [5, 5.41) is 9.66. The monoisotopic (exact) mass is 267 g/mol. The van der Waals surface area contributed by atoms with Crippen LogP contribution >= 0.6 is 11.6 Å². The molecule has 2 atom stereocenters. The van der Waals surface area contributed by atoms with E-state index in [1.54, 1.807) is 6.07 Å². The number of hydrogen-bond donors (Lipinski definition) is 1. The molecule has 0 bridgehead atoms. The van der Waals surface area contributed by atoms with Gasteiger partial charge in [-0.3, -0.25) is 0 Å². The van der Waals surface area contributed by atoms with Crippen molar-refractivity contribution >= 4 is 11.6 Å². The fourth-order valence-electron chi connectivity index (χ4n) is 3.03. The van der Waals surface area contributed by atoms with Gasteiger partial charge in [0.15, 0.2) is 0 Å². The van der Waals surface area contributed by atoms with Crippen molar-refractivity contribution in [3.05, 3.63) is 29.8 Å². The molecule has 1 aliphatic rings. The molecule has 1 aliphatic carbocycles. The first-order valence-electron chi connectivity index (χ1n) is 6.65. The van der Waals surface area contributed by atoms with Crippen LogP contribution in [-0.4, -0.2) is 30.6 Å². The van der Waals surface area contributed by atoms with Gasteiger partial charge in [0.1, 0.15) is 5.75 Å². The first-order chi connectivity index (χ1) is 8.52. The number of phenolic OH excluding ortho intramolecular Hbond substituents is 1. The average Bonchev–Trinajstić information content (AvgIpc) is 2.32. The lowest BCUT2D eigenvalue weighted by atomic mass is 9.74. The van der Waals surface area contributed by atoms with Crippen molar-refractivity contribution in [2.45, 2.75) is 30.6 Å². The smallest absolute Gasteiger partial charge is 0.115 e. The second-order valence-corrected chi connectivity index (χ2v) is 6.29. The van der Waals surface area contributed by atoms with E-state index in [-0.39, 0.29) is 4.87 Å². The van der Waals surface area contributed by atoms with Crippen molar-refractivity contribution in [3.63, 3.8) is 0 Å². The first kappa shape index (κ1) is 13.7. The van der Waals surface area contributed by atoms with Crippen LogP contribution in [0.15, 0.2) is 24.3 Å². The predicted octanol–water partition coefficient (Wildman–Crippen LogP) is 3.58. The predicted molar refractivity (Wildman–Crippen MR) is 76.1 cm³/mol. The van der Waals surface area contributed by atoms with Gasteiger partial charge in [0.25, 0.3) is 0 Å². The summed E-state index contributed by atoms with van der Waals surface area (Å²) in [6.45, 7) is 0.999. The van der Waals surface area contributed by atoms with E-state index >= 15 is 0 Å². The molecule has 1 N–H and O–H groups in total. The Morgan fingerprint density at radius 1 is 1.39 bits per heavy atom. The Kier molecular flexibility index (Phi) is 4.18. The van der Waals surface area contributed by atoms with Gasteiger partial charge in [-0.15, -0.1) is 11.6 Å². The molecule has 1 aromatic carbocycles. The summed E-state index contributed by atoms with van der Waals surface area (Å²) in [5.74, 6) is 0.756. The fourth-order valence-corrected chi connectivity index (χ4v) is 3.46. The number of halogens is 1. The van der Waals surface area contributed by atoms with E-state index in [1.807, 2.05) is 18.2 Å². The second kappa shape index (κ2) is 5.50. The van der Waals surface area contributed by atoms with Crippen molar-refractivity contribution in [1.82, 2.24) is 4.90 Å². The number of benzene rings is 1. The summed E-state index contributed by atoms with van der Waals surface area (Å²) in [5.41, 5.74) is 1.07.